The number of carbonyl (C=O) groups excluding carboxylic acids is 2. The number of aryl methyl sites for hydroxylation is 1. The predicted octanol–water partition coefficient (Wildman–Crippen LogP) is 4.78. The van der Waals surface area contributed by atoms with Crippen LogP contribution in [0.2, 0.25) is 15.2 Å². The van der Waals surface area contributed by atoms with Gasteiger partial charge in [-0.2, -0.15) is 5.10 Å². The van der Waals surface area contributed by atoms with Crippen molar-refractivity contribution in [1.82, 2.24) is 14.8 Å². The zero-order valence-electron chi connectivity index (χ0n) is 15.7. The minimum Gasteiger partial charge on any atom is -0.452 e. The van der Waals surface area contributed by atoms with Gasteiger partial charge in [0.15, 0.2) is 12.4 Å². The number of esters is 1. The maximum absolute atomic E-state index is 13.1. The molecule has 3 aromatic rings. The fourth-order valence-electron chi connectivity index (χ4n) is 2.50. The Morgan fingerprint density at radius 1 is 1.17 bits per heavy atom. The third-order valence-electron chi connectivity index (χ3n) is 4.07. The Morgan fingerprint density at radius 2 is 1.83 bits per heavy atom. The molecular formula is C19H14Cl3FN4O3. The van der Waals surface area contributed by atoms with Crippen LogP contribution >= 0.6 is 34.8 Å². The molecule has 0 fully saturated rings. The second-order valence-electron chi connectivity index (χ2n) is 6.16. The highest BCUT2D eigenvalue weighted by Crippen LogP contribution is 2.28. The van der Waals surface area contributed by atoms with Gasteiger partial charge in [-0.3, -0.25) is 4.79 Å². The Balaban J connectivity index is 1.70. The number of ether oxygens (including phenoxy) is 1. The molecular weight excluding hydrogens is 458 g/mol. The van der Waals surface area contributed by atoms with Crippen molar-refractivity contribution in [3.8, 4) is 5.69 Å². The molecule has 3 rings (SSSR count). The van der Waals surface area contributed by atoms with Crippen molar-refractivity contribution < 1.29 is 18.7 Å². The highest BCUT2D eigenvalue weighted by Gasteiger charge is 2.23. The highest BCUT2D eigenvalue weighted by molar-refractivity contribution is 6.37. The summed E-state index contributed by atoms with van der Waals surface area (Å²) in [6.07, 6.45) is 1.34. The van der Waals surface area contributed by atoms with Crippen LogP contribution in [0.4, 0.5) is 10.2 Å². The van der Waals surface area contributed by atoms with Gasteiger partial charge in [-0.05, 0) is 43.7 Å². The van der Waals surface area contributed by atoms with E-state index in [-0.39, 0.29) is 27.3 Å². The molecule has 2 heterocycles. The van der Waals surface area contributed by atoms with Crippen molar-refractivity contribution in [3.05, 3.63) is 68.3 Å². The molecule has 1 N–H and O–H groups in total. The Morgan fingerprint density at radius 3 is 2.50 bits per heavy atom. The maximum Gasteiger partial charge on any atom is 0.343 e. The maximum atomic E-state index is 13.1. The monoisotopic (exact) mass is 470 g/mol. The molecule has 156 valence electrons. The number of aromatic nitrogens is 3. The van der Waals surface area contributed by atoms with Crippen molar-refractivity contribution in [2.24, 2.45) is 0 Å². The molecule has 0 unspecified atom stereocenters. The summed E-state index contributed by atoms with van der Waals surface area (Å²) in [7, 11) is 0. The summed E-state index contributed by atoms with van der Waals surface area (Å²) in [5, 5.41) is 7.13. The molecule has 7 nitrogen and oxygen atoms in total. The van der Waals surface area contributed by atoms with Crippen molar-refractivity contribution >= 4 is 52.5 Å². The predicted molar refractivity (Wildman–Crippen MR) is 111 cm³/mol. The van der Waals surface area contributed by atoms with Crippen LogP contribution in [-0.2, 0) is 9.53 Å². The van der Waals surface area contributed by atoms with E-state index < -0.39 is 24.3 Å². The summed E-state index contributed by atoms with van der Waals surface area (Å²) in [6.45, 7) is 2.63. The number of carbonyl (C=O) groups is 2. The first-order chi connectivity index (χ1) is 14.2. The molecule has 1 amide bonds. The number of halogens is 4. The first kappa shape index (κ1) is 22.0. The molecule has 1 aromatic carbocycles. The van der Waals surface area contributed by atoms with Gasteiger partial charge in [0.25, 0.3) is 5.91 Å². The first-order valence-electron chi connectivity index (χ1n) is 8.47. The normalized spacial score (nSPS) is 10.7. The van der Waals surface area contributed by atoms with Crippen LogP contribution in [-0.4, -0.2) is 33.2 Å². The number of nitrogens with one attached hydrogen (secondary N) is 1. The van der Waals surface area contributed by atoms with Gasteiger partial charge in [-0.1, -0.05) is 34.8 Å². The number of amides is 1. The standard InChI is InChI=1S/C19H14Cl3FN4O3/c1-9-13(20)7-24-18(16(9)21)25-14(28)8-30-19(29)15-10(2)26-27(17(15)22)12-5-3-11(23)4-6-12/h3-7H,8H2,1-2H3,(H,24,25,28). The average Bonchev–Trinajstić information content (AvgIpc) is 3.01. The van der Waals surface area contributed by atoms with E-state index in [4.69, 9.17) is 39.5 Å². The summed E-state index contributed by atoms with van der Waals surface area (Å²) in [6, 6.07) is 5.40. The van der Waals surface area contributed by atoms with Gasteiger partial charge in [0.2, 0.25) is 0 Å². The zero-order valence-corrected chi connectivity index (χ0v) is 17.9. The van der Waals surface area contributed by atoms with Crippen LogP contribution in [0.5, 0.6) is 0 Å². The van der Waals surface area contributed by atoms with Crippen LogP contribution in [0.3, 0.4) is 0 Å². The molecule has 2 aromatic heterocycles. The molecule has 0 spiro atoms. The van der Waals surface area contributed by atoms with Gasteiger partial charge in [-0.25, -0.2) is 18.9 Å². The third kappa shape index (κ3) is 4.56. The fourth-order valence-corrected chi connectivity index (χ4v) is 3.24. The van der Waals surface area contributed by atoms with Crippen LogP contribution in [0.25, 0.3) is 5.69 Å². The summed E-state index contributed by atoms with van der Waals surface area (Å²) in [5.41, 5.74) is 1.29. The van der Waals surface area contributed by atoms with Crippen LogP contribution in [0.15, 0.2) is 30.5 Å². The molecule has 0 bridgehead atoms. The quantitative estimate of drug-likeness (QED) is 0.541. The van der Waals surface area contributed by atoms with E-state index in [2.05, 4.69) is 15.4 Å². The number of benzene rings is 1. The van der Waals surface area contributed by atoms with E-state index in [0.717, 1.165) is 0 Å². The largest absolute Gasteiger partial charge is 0.452 e. The number of nitrogens with zero attached hydrogens (tertiary/aromatic N) is 3. The Kier molecular flexibility index (Phi) is 6.60. The van der Waals surface area contributed by atoms with E-state index in [1.807, 2.05) is 0 Å². The topological polar surface area (TPSA) is 86.1 Å². The lowest BCUT2D eigenvalue weighted by Crippen LogP contribution is -2.22. The molecule has 0 aliphatic rings. The van der Waals surface area contributed by atoms with Gasteiger partial charge in [0.05, 0.1) is 21.4 Å². The smallest absolute Gasteiger partial charge is 0.343 e. The van der Waals surface area contributed by atoms with E-state index in [0.29, 0.717) is 16.3 Å². The SMILES string of the molecule is Cc1nn(-c2ccc(F)cc2)c(Cl)c1C(=O)OCC(=O)Nc1ncc(Cl)c(C)c1Cl. The molecule has 0 saturated carbocycles. The third-order valence-corrected chi connectivity index (χ3v) is 5.27. The number of rotatable bonds is 5. The van der Waals surface area contributed by atoms with Gasteiger partial charge in [0.1, 0.15) is 16.5 Å². The Labute approximate surface area is 185 Å². The minimum absolute atomic E-state index is 0.00714. The molecule has 11 heteroatoms. The van der Waals surface area contributed by atoms with E-state index in [9.17, 15) is 14.0 Å². The lowest BCUT2D eigenvalue weighted by molar-refractivity contribution is -0.119. The van der Waals surface area contributed by atoms with Crippen molar-refractivity contribution in [3.63, 3.8) is 0 Å². The lowest BCUT2D eigenvalue weighted by Gasteiger charge is -2.09. The van der Waals surface area contributed by atoms with Crippen LogP contribution in [0.1, 0.15) is 21.6 Å². The summed E-state index contributed by atoms with van der Waals surface area (Å²) in [5.74, 6) is -1.82. The average molecular weight is 472 g/mol. The van der Waals surface area contributed by atoms with Crippen molar-refractivity contribution in [2.45, 2.75) is 13.8 Å². The van der Waals surface area contributed by atoms with Crippen LogP contribution < -0.4 is 5.32 Å². The van der Waals surface area contributed by atoms with Crippen molar-refractivity contribution in [1.29, 1.82) is 0 Å². The second kappa shape index (κ2) is 8.99. The second-order valence-corrected chi connectivity index (χ2v) is 7.30. The Bertz CT molecular complexity index is 1130. The number of pyridine rings is 1. The molecule has 0 radical (unpaired) electrons. The van der Waals surface area contributed by atoms with E-state index >= 15 is 0 Å². The summed E-state index contributed by atoms with van der Waals surface area (Å²) >= 11 is 18.3. The lowest BCUT2D eigenvalue weighted by atomic mass is 10.2. The molecule has 0 aliphatic heterocycles. The molecule has 30 heavy (non-hydrogen) atoms. The summed E-state index contributed by atoms with van der Waals surface area (Å²) in [4.78, 5) is 28.5. The molecule has 0 atom stereocenters. The highest BCUT2D eigenvalue weighted by atomic mass is 35.5. The number of hydrogen-bond acceptors (Lipinski definition) is 5. The van der Waals surface area contributed by atoms with Gasteiger partial charge >= 0.3 is 5.97 Å². The van der Waals surface area contributed by atoms with E-state index in [1.165, 1.54) is 35.1 Å². The summed E-state index contributed by atoms with van der Waals surface area (Å²) < 4.78 is 19.4. The number of anilines is 1. The van der Waals surface area contributed by atoms with Gasteiger partial charge in [-0.15, -0.1) is 0 Å². The van der Waals surface area contributed by atoms with Crippen LogP contribution in [0, 0.1) is 19.7 Å². The number of hydrogen-bond donors (Lipinski definition) is 1. The molecule has 0 saturated heterocycles. The minimum atomic E-state index is -0.840. The molecule has 0 aliphatic carbocycles. The van der Waals surface area contributed by atoms with Gasteiger partial charge < -0.3 is 10.1 Å². The Hall–Kier alpha value is -2.68. The zero-order chi connectivity index (χ0) is 22.0. The fraction of sp³-hybridized carbons (Fsp3) is 0.158. The first-order valence-corrected chi connectivity index (χ1v) is 9.61. The van der Waals surface area contributed by atoms with Crippen molar-refractivity contribution in [2.75, 3.05) is 11.9 Å². The van der Waals surface area contributed by atoms with E-state index in [1.54, 1.807) is 13.8 Å². The van der Waals surface area contributed by atoms with Gasteiger partial charge in [0, 0.05) is 6.20 Å².